The Bertz CT molecular complexity index is 653. The molecule has 4 N–H and O–H groups in total. The first kappa shape index (κ1) is 17.8. The molecule has 2 aromatic rings. The van der Waals surface area contributed by atoms with Crippen molar-refractivity contribution in [2.45, 2.75) is 32.9 Å². The highest BCUT2D eigenvalue weighted by Gasteiger charge is 2.05. The van der Waals surface area contributed by atoms with Crippen LogP contribution in [-0.4, -0.2) is 12.4 Å². The highest BCUT2D eigenvalue weighted by Crippen LogP contribution is 2.21. The largest absolute Gasteiger partial charge is 0.493 e. The fourth-order valence-corrected chi connectivity index (χ4v) is 2.33. The van der Waals surface area contributed by atoms with Crippen LogP contribution in [0.4, 0.5) is 0 Å². The predicted molar refractivity (Wildman–Crippen MR) is 96.7 cm³/mol. The molecule has 0 unspecified atom stereocenters. The summed E-state index contributed by atoms with van der Waals surface area (Å²) in [6.07, 6.45) is 1.96. The minimum atomic E-state index is 0.357. The molecule has 128 valence electrons. The number of nitrogens with zero attached hydrogens (tertiary/aromatic N) is 1. The highest BCUT2D eigenvalue weighted by molar-refractivity contribution is 5.76. The number of benzene rings is 2. The molecular weight excluding hydrogens is 302 g/mol. The summed E-state index contributed by atoms with van der Waals surface area (Å²) in [6, 6.07) is 16.3. The Kier molecular flexibility index (Phi) is 7.11. The summed E-state index contributed by atoms with van der Waals surface area (Å²) in [4.78, 5) is 5.15. The Balaban J connectivity index is 1.84. The first-order valence-electron chi connectivity index (χ1n) is 8.09. The number of hydrogen-bond donors (Lipinski definition) is 2. The van der Waals surface area contributed by atoms with Gasteiger partial charge in [-0.25, -0.2) is 0 Å². The molecule has 24 heavy (non-hydrogen) atoms. The van der Waals surface area contributed by atoms with E-state index in [1.807, 2.05) is 24.3 Å². The lowest BCUT2D eigenvalue weighted by Crippen LogP contribution is -2.07. The topological polar surface area (TPSA) is 82.9 Å². The maximum absolute atomic E-state index is 5.88. The van der Waals surface area contributed by atoms with Crippen molar-refractivity contribution in [1.82, 2.24) is 0 Å². The molecule has 5 nitrogen and oxygen atoms in total. The molecule has 0 aromatic heterocycles. The van der Waals surface area contributed by atoms with Crippen LogP contribution in [0.25, 0.3) is 0 Å². The van der Waals surface area contributed by atoms with Crippen LogP contribution >= 0.6 is 0 Å². The van der Waals surface area contributed by atoms with Gasteiger partial charge in [0.05, 0.1) is 6.61 Å². The normalized spacial score (nSPS) is 11.3. The number of rotatable bonds is 9. The number of nitrogens with two attached hydrogens (primary N) is 2. The molecule has 0 spiro atoms. The second kappa shape index (κ2) is 9.57. The van der Waals surface area contributed by atoms with Gasteiger partial charge >= 0.3 is 0 Å². The molecule has 0 aliphatic carbocycles. The first-order chi connectivity index (χ1) is 11.7. The van der Waals surface area contributed by atoms with Crippen LogP contribution in [0.3, 0.4) is 0 Å². The van der Waals surface area contributed by atoms with Crippen LogP contribution < -0.4 is 16.2 Å². The van der Waals surface area contributed by atoms with Gasteiger partial charge in [-0.05, 0) is 43.0 Å². The Morgan fingerprint density at radius 2 is 1.88 bits per heavy atom. The molecule has 0 aliphatic heterocycles. The fourth-order valence-electron chi connectivity index (χ4n) is 2.33. The average molecular weight is 327 g/mol. The van der Waals surface area contributed by atoms with E-state index < -0.39 is 0 Å². The van der Waals surface area contributed by atoms with Gasteiger partial charge in [-0.15, -0.1) is 0 Å². The standard InChI is InChI=1S/C19H25N3O2/c1-15(21)22-24-14-17-9-10-19(18(12-17)13-20)23-11-5-8-16-6-3-2-4-7-16/h2-4,6-7,9-10,12H,5,8,11,13-14,20H2,1H3,(H2,21,22). The Hall–Kier alpha value is -2.53. The molecule has 0 aliphatic rings. The lowest BCUT2D eigenvalue weighted by molar-refractivity contribution is 0.130. The number of hydrogen-bond acceptors (Lipinski definition) is 4. The molecule has 0 atom stereocenters. The van der Waals surface area contributed by atoms with Crippen molar-refractivity contribution in [2.75, 3.05) is 6.61 Å². The predicted octanol–water partition coefficient (Wildman–Crippen LogP) is 2.97. The number of oxime groups is 1. The van der Waals surface area contributed by atoms with E-state index in [9.17, 15) is 0 Å². The van der Waals surface area contributed by atoms with E-state index in [1.54, 1.807) is 6.92 Å². The van der Waals surface area contributed by atoms with Crippen molar-refractivity contribution in [1.29, 1.82) is 0 Å². The van der Waals surface area contributed by atoms with Gasteiger partial charge < -0.3 is 21.0 Å². The Morgan fingerprint density at radius 1 is 1.08 bits per heavy atom. The fraction of sp³-hybridized carbons (Fsp3) is 0.316. The zero-order chi connectivity index (χ0) is 17.2. The summed E-state index contributed by atoms with van der Waals surface area (Å²) in [7, 11) is 0. The molecule has 2 rings (SSSR count). The molecule has 5 heteroatoms. The second-order valence-electron chi connectivity index (χ2n) is 5.59. The van der Waals surface area contributed by atoms with Crippen LogP contribution in [0.1, 0.15) is 30.0 Å². The summed E-state index contributed by atoms with van der Waals surface area (Å²) >= 11 is 0. The van der Waals surface area contributed by atoms with Crippen LogP contribution in [0, 0.1) is 0 Å². The van der Waals surface area contributed by atoms with Crippen LogP contribution in [0.5, 0.6) is 5.75 Å². The molecule has 0 heterocycles. The summed E-state index contributed by atoms with van der Waals surface area (Å²) in [5.74, 6) is 1.22. The summed E-state index contributed by atoms with van der Waals surface area (Å²) < 4.78 is 5.88. The van der Waals surface area contributed by atoms with Gasteiger partial charge in [0.15, 0.2) is 0 Å². The van der Waals surface area contributed by atoms with Crippen LogP contribution in [0.2, 0.25) is 0 Å². The van der Waals surface area contributed by atoms with Gasteiger partial charge in [-0.1, -0.05) is 41.6 Å². The highest BCUT2D eigenvalue weighted by atomic mass is 16.6. The zero-order valence-corrected chi connectivity index (χ0v) is 14.1. The smallest absolute Gasteiger partial charge is 0.142 e. The van der Waals surface area contributed by atoms with E-state index >= 15 is 0 Å². The monoisotopic (exact) mass is 327 g/mol. The van der Waals surface area contributed by atoms with Gasteiger partial charge in [0.2, 0.25) is 0 Å². The molecule has 0 fully saturated rings. The summed E-state index contributed by atoms with van der Waals surface area (Å²) in [5, 5.41) is 3.72. The molecule has 0 saturated carbocycles. The van der Waals surface area contributed by atoms with Crippen molar-refractivity contribution in [2.24, 2.45) is 16.6 Å². The molecule has 2 aromatic carbocycles. The van der Waals surface area contributed by atoms with Gasteiger partial charge in [0.1, 0.15) is 18.2 Å². The maximum Gasteiger partial charge on any atom is 0.142 e. The van der Waals surface area contributed by atoms with Crippen LogP contribution in [-0.2, 0) is 24.4 Å². The third-order valence-electron chi connectivity index (χ3n) is 3.49. The summed E-state index contributed by atoms with van der Waals surface area (Å²) in [6.45, 7) is 3.11. The lowest BCUT2D eigenvalue weighted by atomic mass is 10.1. The van der Waals surface area contributed by atoms with Crippen LogP contribution in [0.15, 0.2) is 53.7 Å². The molecular formula is C19H25N3O2. The minimum absolute atomic E-state index is 0.357. The third-order valence-corrected chi connectivity index (χ3v) is 3.49. The number of amidine groups is 1. The van der Waals surface area contributed by atoms with Gasteiger partial charge in [-0.2, -0.15) is 0 Å². The molecule has 0 radical (unpaired) electrons. The second-order valence-corrected chi connectivity index (χ2v) is 5.59. The van der Waals surface area contributed by atoms with Gasteiger partial charge in [0.25, 0.3) is 0 Å². The van der Waals surface area contributed by atoms with Crippen molar-refractivity contribution in [3.63, 3.8) is 0 Å². The van der Waals surface area contributed by atoms with Gasteiger partial charge in [-0.3, -0.25) is 0 Å². The lowest BCUT2D eigenvalue weighted by Gasteiger charge is -2.12. The zero-order valence-electron chi connectivity index (χ0n) is 14.1. The quantitative estimate of drug-likeness (QED) is 0.321. The van der Waals surface area contributed by atoms with Crippen molar-refractivity contribution in [3.8, 4) is 5.75 Å². The molecule has 0 bridgehead atoms. The SMILES string of the molecule is C/C(N)=N/OCc1ccc(OCCCc2ccccc2)c(CN)c1. The Labute approximate surface area is 143 Å². The maximum atomic E-state index is 5.88. The van der Waals surface area contributed by atoms with Crippen molar-refractivity contribution >= 4 is 5.84 Å². The van der Waals surface area contributed by atoms with E-state index in [0.717, 1.165) is 29.7 Å². The van der Waals surface area contributed by atoms with E-state index in [4.69, 9.17) is 21.0 Å². The minimum Gasteiger partial charge on any atom is -0.493 e. The van der Waals surface area contributed by atoms with E-state index in [1.165, 1.54) is 5.56 Å². The van der Waals surface area contributed by atoms with E-state index in [0.29, 0.717) is 25.6 Å². The first-order valence-corrected chi connectivity index (χ1v) is 8.09. The molecule has 0 amide bonds. The Morgan fingerprint density at radius 3 is 2.58 bits per heavy atom. The van der Waals surface area contributed by atoms with E-state index in [-0.39, 0.29) is 0 Å². The van der Waals surface area contributed by atoms with E-state index in [2.05, 4.69) is 29.4 Å². The average Bonchev–Trinajstić information content (AvgIpc) is 2.60. The number of ether oxygens (including phenoxy) is 1. The third kappa shape index (κ3) is 5.93. The van der Waals surface area contributed by atoms with Crippen molar-refractivity contribution < 1.29 is 9.57 Å². The van der Waals surface area contributed by atoms with Crippen molar-refractivity contribution in [3.05, 3.63) is 65.2 Å². The molecule has 0 saturated heterocycles. The number of aryl methyl sites for hydroxylation is 1. The van der Waals surface area contributed by atoms with Gasteiger partial charge in [0, 0.05) is 12.1 Å². The summed E-state index contributed by atoms with van der Waals surface area (Å²) in [5.41, 5.74) is 14.5.